The molecule has 2 aliphatic heterocycles. The molecule has 0 aromatic heterocycles. The fraction of sp³-hybridized carbons (Fsp3) is 0.323. The Kier molecular flexibility index (Phi) is 19.1. The summed E-state index contributed by atoms with van der Waals surface area (Å²) < 4.78 is 0. The van der Waals surface area contributed by atoms with Crippen LogP contribution in [0.1, 0.15) is 78.4 Å². The minimum absolute atomic E-state index is 0.00160. The highest BCUT2D eigenvalue weighted by atomic mass is 16.2. The third kappa shape index (κ3) is 14.1. The number of hydrogen-bond donors (Lipinski definition) is 6. The van der Waals surface area contributed by atoms with Gasteiger partial charge < -0.3 is 42.5 Å². The third-order valence-corrected chi connectivity index (χ3v) is 15.3. The molecule has 77 heavy (non-hydrogen) atoms. The van der Waals surface area contributed by atoms with Crippen LogP contribution in [0.25, 0.3) is 43.1 Å². The largest absolute Gasteiger partial charge is 0.354 e. The number of unbranched alkanes of at least 4 members (excludes halogenated alkanes) is 2. The van der Waals surface area contributed by atoms with Crippen molar-refractivity contribution < 1.29 is 19.2 Å². The monoisotopic (exact) mass is 1030 g/mol. The van der Waals surface area contributed by atoms with Crippen LogP contribution in [-0.4, -0.2) is 96.9 Å². The van der Waals surface area contributed by atoms with Crippen molar-refractivity contribution >= 4 is 66.7 Å². The number of nitrogens with two attached hydrogens (primary N) is 2. The Morgan fingerprint density at radius 3 is 1.34 bits per heavy atom. The van der Waals surface area contributed by atoms with Crippen LogP contribution in [0.4, 0.5) is 0 Å². The number of rotatable bonds is 19. The molecule has 0 unspecified atom stereocenters. The van der Waals surface area contributed by atoms with Gasteiger partial charge in [-0.3, -0.25) is 19.2 Å². The molecule has 2 fully saturated rings. The zero-order valence-electron chi connectivity index (χ0n) is 44.2. The molecule has 0 bridgehead atoms. The normalized spacial score (nSPS) is 17.9. The molecule has 12 heteroatoms. The Bertz CT molecular complexity index is 3270. The van der Waals surface area contributed by atoms with E-state index in [9.17, 15) is 19.2 Å². The molecule has 8 aromatic rings. The van der Waals surface area contributed by atoms with Gasteiger partial charge in [-0.05, 0) is 117 Å². The number of fused-ring (bicyclic) bond motifs is 4. The lowest BCUT2D eigenvalue weighted by Gasteiger charge is -2.25. The number of nitrogens with one attached hydrogen (secondary N) is 4. The maximum Gasteiger partial charge on any atom is 0.251 e. The summed E-state index contributed by atoms with van der Waals surface area (Å²) in [4.78, 5) is 57.4. The lowest BCUT2D eigenvalue weighted by atomic mass is 10.0. The highest BCUT2D eigenvalue weighted by Crippen LogP contribution is 2.26. The highest BCUT2D eigenvalue weighted by molar-refractivity contribution is 6.07. The van der Waals surface area contributed by atoms with E-state index in [1.807, 2.05) is 101 Å². The molecule has 0 radical (unpaired) electrons. The Morgan fingerprint density at radius 1 is 0.468 bits per heavy atom. The smallest absolute Gasteiger partial charge is 0.251 e. The minimum atomic E-state index is -0.293. The van der Waals surface area contributed by atoms with E-state index in [0.717, 1.165) is 89.6 Å². The van der Waals surface area contributed by atoms with Crippen LogP contribution in [0, 0.1) is 0 Å². The van der Waals surface area contributed by atoms with Crippen LogP contribution in [0.3, 0.4) is 0 Å². The number of hydrogen-bond acceptors (Lipinski definition) is 8. The topological polar surface area (TPSA) is 175 Å². The summed E-state index contributed by atoms with van der Waals surface area (Å²) in [5.74, 6) is 0.157. The highest BCUT2D eigenvalue weighted by Gasteiger charge is 2.33. The van der Waals surface area contributed by atoms with E-state index < -0.39 is 0 Å². The average Bonchev–Trinajstić information content (AvgIpc) is 3.72. The molecular weight excluding hydrogens is 957 g/mol. The molecule has 0 saturated carbocycles. The summed E-state index contributed by atoms with van der Waals surface area (Å²) >= 11 is 0. The molecule has 12 nitrogen and oxygen atoms in total. The second kappa shape index (κ2) is 27.0. The predicted octanol–water partition coefficient (Wildman–Crippen LogP) is 9.15. The van der Waals surface area contributed by atoms with Gasteiger partial charge in [-0.15, -0.1) is 0 Å². The molecule has 2 saturated heterocycles. The van der Waals surface area contributed by atoms with Crippen molar-refractivity contribution in [1.82, 2.24) is 31.1 Å². The van der Waals surface area contributed by atoms with Crippen LogP contribution in [0.2, 0.25) is 0 Å². The van der Waals surface area contributed by atoms with E-state index in [2.05, 4.69) is 100 Å². The molecule has 4 amide bonds. The van der Waals surface area contributed by atoms with Gasteiger partial charge in [0.25, 0.3) is 5.91 Å². The van der Waals surface area contributed by atoms with E-state index in [1.165, 1.54) is 21.5 Å². The van der Waals surface area contributed by atoms with E-state index in [-0.39, 0.29) is 47.8 Å². The van der Waals surface area contributed by atoms with E-state index >= 15 is 0 Å². The van der Waals surface area contributed by atoms with Gasteiger partial charge >= 0.3 is 0 Å². The lowest BCUT2D eigenvalue weighted by molar-refractivity contribution is -0.134. The van der Waals surface area contributed by atoms with Crippen molar-refractivity contribution in [1.29, 1.82) is 0 Å². The number of amides is 4. The minimum Gasteiger partial charge on any atom is -0.354 e. The fourth-order valence-corrected chi connectivity index (χ4v) is 11.1. The first-order valence-corrected chi connectivity index (χ1v) is 27.7. The first kappa shape index (κ1) is 54.3. The van der Waals surface area contributed by atoms with Crippen LogP contribution in [-0.2, 0) is 33.9 Å². The van der Waals surface area contributed by atoms with Crippen LogP contribution < -0.4 is 32.7 Å². The summed E-state index contributed by atoms with van der Waals surface area (Å²) in [7, 11) is 0. The number of nitrogens with zero attached hydrogens (tertiary/aromatic N) is 2. The molecule has 8 aromatic carbocycles. The van der Waals surface area contributed by atoms with E-state index in [1.54, 1.807) is 0 Å². The summed E-state index contributed by atoms with van der Waals surface area (Å²) in [5.41, 5.74) is 15.5. The van der Waals surface area contributed by atoms with Crippen LogP contribution in [0.5, 0.6) is 0 Å². The molecular formula is C65H74N8O4. The molecule has 0 aliphatic carbocycles. The second-order valence-electron chi connectivity index (χ2n) is 20.6. The second-order valence-corrected chi connectivity index (χ2v) is 20.6. The fourth-order valence-electron chi connectivity index (χ4n) is 11.1. The van der Waals surface area contributed by atoms with Gasteiger partial charge in [-0.2, -0.15) is 0 Å². The Hall–Kier alpha value is -7.48. The third-order valence-electron chi connectivity index (χ3n) is 15.3. The van der Waals surface area contributed by atoms with Crippen molar-refractivity contribution in [2.45, 2.75) is 95.0 Å². The number of benzene rings is 8. The summed E-state index contributed by atoms with van der Waals surface area (Å²) in [6.07, 6.45) is 6.90. The lowest BCUT2D eigenvalue weighted by Crippen LogP contribution is -2.48. The predicted molar refractivity (Wildman–Crippen MR) is 312 cm³/mol. The Balaban J connectivity index is 0.000000188. The van der Waals surface area contributed by atoms with Gasteiger partial charge in [0.05, 0.1) is 18.5 Å². The van der Waals surface area contributed by atoms with Gasteiger partial charge in [-0.1, -0.05) is 177 Å². The van der Waals surface area contributed by atoms with Crippen molar-refractivity contribution in [2.24, 2.45) is 11.5 Å². The zero-order valence-corrected chi connectivity index (χ0v) is 44.2. The molecule has 10 rings (SSSR count). The number of carbonyl (C=O) groups is 4. The van der Waals surface area contributed by atoms with E-state index in [0.29, 0.717) is 64.3 Å². The average molecular weight is 1030 g/mol. The Labute approximate surface area is 452 Å². The summed E-state index contributed by atoms with van der Waals surface area (Å²) in [6.45, 7) is 4.62. The SMILES string of the molecule is NCCCC[C@H]1N[C@H](CNC(=O)Cc2cccc3ccccc23)CCN(Cc2cccc3ccccc23)C1=O.NCCCC[C@H]1N[C@H](CNC(=O)c2cccc3ccccc23)CCN(Cc2cccc3ccccc23)C1=O. The molecule has 0 spiro atoms. The first-order valence-electron chi connectivity index (χ1n) is 27.7. The maximum absolute atomic E-state index is 13.7. The van der Waals surface area contributed by atoms with Gasteiger partial charge in [0, 0.05) is 56.9 Å². The Morgan fingerprint density at radius 2 is 0.857 bits per heavy atom. The van der Waals surface area contributed by atoms with Gasteiger partial charge in [0.1, 0.15) is 0 Å². The van der Waals surface area contributed by atoms with Gasteiger partial charge in [0.2, 0.25) is 17.7 Å². The van der Waals surface area contributed by atoms with Gasteiger partial charge in [0.15, 0.2) is 0 Å². The maximum atomic E-state index is 13.7. The molecule has 2 heterocycles. The number of carbonyl (C=O) groups excluding carboxylic acids is 4. The quantitative estimate of drug-likeness (QED) is 0.0435. The van der Waals surface area contributed by atoms with Crippen molar-refractivity contribution in [3.63, 3.8) is 0 Å². The summed E-state index contributed by atoms with van der Waals surface area (Å²) in [5, 5.41) is 22.4. The molecule has 4 atom stereocenters. The molecule has 8 N–H and O–H groups in total. The van der Waals surface area contributed by atoms with Crippen molar-refractivity contribution in [2.75, 3.05) is 39.3 Å². The van der Waals surface area contributed by atoms with Gasteiger partial charge in [-0.25, -0.2) is 0 Å². The zero-order chi connectivity index (χ0) is 53.3. The van der Waals surface area contributed by atoms with Crippen molar-refractivity contribution in [3.8, 4) is 0 Å². The van der Waals surface area contributed by atoms with E-state index in [4.69, 9.17) is 11.5 Å². The first-order chi connectivity index (χ1) is 37.8. The van der Waals surface area contributed by atoms with Crippen LogP contribution in [0.15, 0.2) is 170 Å². The van der Waals surface area contributed by atoms with Crippen molar-refractivity contribution in [3.05, 3.63) is 192 Å². The molecule has 398 valence electrons. The summed E-state index contributed by atoms with van der Waals surface area (Å²) in [6, 6.07) is 56.6. The molecule has 2 aliphatic rings. The van der Waals surface area contributed by atoms with Crippen LogP contribution >= 0.6 is 0 Å². The standard InChI is InChI=1S/C33H38N4O2.C32H36N4O2/c34-19-6-5-17-31-33(39)37(23-27-14-8-12-25-10-2-4-16-30(25)27)20-18-28(36-31)22-35-32(38)21-26-13-7-11-24-9-1-3-15-29(24)26;33-19-6-5-17-30-32(38)36(22-25-13-7-11-23-9-1-3-14-27(23)25)20-18-26(35-30)21-34-31(37)29-16-8-12-24-10-2-4-15-28(24)29/h1-4,7-16,28,31,36H,5-6,17-23,34H2,(H,35,38);1-4,7-16,26,30,35H,5-6,17-22,33H2,(H,34,37)/t28-,31+;26-,30+/m00/s1.